The van der Waals surface area contributed by atoms with Gasteiger partial charge in [0.2, 0.25) is 0 Å². The molecule has 0 aliphatic carbocycles. The molecule has 1 atom stereocenters. The van der Waals surface area contributed by atoms with Crippen LogP contribution in [0.2, 0.25) is 0 Å². The molecule has 1 amide bonds. The van der Waals surface area contributed by atoms with Crippen molar-refractivity contribution in [1.29, 1.82) is 0 Å². The number of carbonyl (C=O) groups is 1. The molecular formula is C19H22BrNO3. The topological polar surface area (TPSA) is 47.6 Å². The molecule has 0 bridgehead atoms. The van der Waals surface area contributed by atoms with E-state index in [0.717, 1.165) is 15.8 Å². The first-order valence-electron chi connectivity index (χ1n) is 7.82. The van der Waals surface area contributed by atoms with Crippen LogP contribution in [0.3, 0.4) is 0 Å². The van der Waals surface area contributed by atoms with E-state index in [0.29, 0.717) is 12.4 Å². The largest absolute Gasteiger partial charge is 0.491 e. The molecule has 0 radical (unpaired) electrons. The van der Waals surface area contributed by atoms with E-state index in [1.54, 1.807) is 0 Å². The number of ether oxygens (including phenoxy) is 2. The minimum atomic E-state index is -0.171. The van der Waals surface area contributed by atoms with Crippen molar-refractivity contribution >= 4 is 21.8 Å². The normalized spacial score (nSPS) is 11.7. The highest BCUT2D eigenvalue weighted by atomic mass is 79.9. The van der Waals surface area contributed by atoms with Gasteiger partial charge in [0.05, 0.1) is 6.04 Å². The predicted octanol–water partition coefficient (Wildman–Crippen LogP) is 4.03. The first-order valence-corrected chi connectivity index (χ1v) is 8.61. The molecule has 1 unspecified atom stereocenters. The van der Waals surface area contributed by atoms with Crippen molar-refractivity contribution < 1.29 is 14.3 Å². The van der Waals surface area contributed by atoms with Crippen LogP contribution < -0.4 is 14.8 Å². The summed E-state index contributed by atoms with van der Waals surface area (Å²) in [7, 11) is 0. The van der Waals surface area contributed by atoms with Gasteiger partial charge < -0.3 is 14.8 Å². The molecule has 4 nitrogen and oxygen atoms in total. The van der Waals surface area contributed by atoms with Crippen molar-refractivity contribution in [3.05, 3.63) is 58.1 Å². The Labute approximate surface area is 151 Å². The molecule has 1 N–H and O–H groups in total. The minimum absolute atomic E-state index is 0.0179. The van der Waals surface area contributed by atoms with E-state index in [2.05, 4.69) is 21.2 Å². The number of aryl methyl sites for hydroxylation is 2. The van der Waals surface area contributed by atoms with E-state index in [1.165, 1.54) is 5.56 Å². The van der Waals surface area contributed by atoms with Crippen molar-refractivity contribution in [2.24, 2.45) is 0 Å². The molecule has 5 heteroatoms. The third-order valence-electron chi connectivity index (χ3n) is 3.43. The minimum Gasteiger partial charge on any atom is -0.491 e. The fourth-order valence-corrected chi connectivity index (χ4v) is 2.32. The lowest BCUT2D eigenvalue weighted by Crippen LogP contribution is -2.39. The van der Waals surface area contributed by atoms with Gasteiger partial charge in [0.25, 0.3) is 5.91 Å². The van der Waals surface area contributed by atoms with Gasteiger partial charge in [-0.3, -0.25) is 4.79 Å². The fraction of sp³-hybridized carbons (Fsp3) is 0.316. The molecule has 0 aliphatic heterocycles. The van der Waals surface area contributed by atoms with Crippen LogP contribution in [0.5, 0.6) is 11.5 Å². The third-order valence-corrected chi connectivity index (χ3v) is 4.32. The number of halogens is 1. The van der Waals surface area contributed by atoms with Gasteiger partial charge in [0, 0.05) is 4.47 Å². The highest BCUT2D eigenvalue weighted by molar-refractivity contribution is 9.10. The summed E-state index contributed by atoms with van der Waals surface area (Å²) < 4.78 is 12.2. The maximum atomic E-state index is 11.9. The van der Waals surface area contributed by atoms with E-state index in [4.69, 9.17) is 9.47 Å². The Morgan fingerprint density at radius 1 is 1.08 bits per heavy atom. The number of benzene rings is 2. The average molecular weight is 392 g/mol. The van der Waals surface area contributed by atoms with Gasteiger partial charge in [-0.1, -0.05) is 33.6 Å². The molecule has 2 aromatic rings. The summed E-state index contributed by atoms with van der Waals surface area (Å²) in [6.45, 7) is 6.29. The Morgan fingerprint density at radius 2 is 1.75 bits per heavy atom. The summed E-state index contributed by atoms with van der Waals surface area (Å²) in [5, 5.41) is 2.86. The second-order valence-corrected chi connectivity index (χ2v) is 6.65. The van der Waals surface area contributed by atoms with E-state index in [9.17, 15) is 4.79 Å². The standard InChI is InChI=1S/C19H22BrNO3/c1-13-4-6-16(7-5-13)23-11-15(3)21-19(22)12-24-17-8-9-18(20)14(2)10-17/h4-10,15H,11-12H2,1-3H3,(H,21,22). The molecule has 2 aromatic carbocycles. The van der Waals surface area contributed by atoms with Crippen LogP contribution in [-0.2, 0) is 4.79 Å². The summed E-state index contributed by atoms with van der Waals surface area (Å²) in [4.78, 5) is 11.9. The highest BCUT2D eigenvalue weighted by Gasteiger charge is 2.09. The molecule has 0 saturated heterocycles. The number of amides is 1. The summed E-state index contributed by atoms with van der Waals surface area (Å²) in [6.07, 6.45) is 0. The van der Waals surface area contributed by atoms with Crippen LogP contribution in [0, 0.1) is 13.8 Å². The van der Waals surface area contributed by atoms with Crippen LogP contribution >= 0.6 is 15.9 Å². The Kier molecular flexibility index (Phi) is 6.67. The Morgan fingerprint density at radius 3 is 2.42 bits per heavy atom. The summed E-state index contributed by atoms with van der Waals surface area (Å²) in [5.41, 5.74) is 2.25. The number of carbonyl (C=O) groups excluding carboxylic acids is 1. The van der Waals surface area contributed by atoms with Gasteiger partial charge in [-0.2, -0.15) is 0 Å². The average Bonchev–Trinajstić information content (AvgIpc) is 2.55. The van der Waals surface area contributed by atoms with E-state index in [1.807, 2.05) is 63.2 Å². The summed E-state index contributed by atoms with van der Waals surface area (Å²) in [6, 6.07) is 13.3. The molecule has 0 aliphatic rings. The Bertz CT molecular complexity index is 686. The third kappa shape index (κ3) is 5.89. The van der Waals surface area contributed by atoms with Crippen LogP contribution in [0.15, 0.2) is 46.9 Å². The van der Waals surface area contributed by atoms with Crippen molar-refractivity contribution in [3.63, 3.8) is 0 Å². The van der Waals surface area contributed by atoms with Gasteiger partial charge in [-0.25, -0.2) is 0 Å². The van der Waals surface area contributed by atoms with E-state index < -0.39 is 0 Å². The van der Waals surface area contributed by atoms with Gasteiger partial charge in [-0.15, -0.1) is 0 Å². The molecule has 0 aromatic heterocycles. The van der Waals surface area contributed by atoms with Crippen LogP contribution in [0.1, 0.15) is 18.1 Å². The molecule has 0 saturated carbocycles. The second kappa shape index (κ2) is 8.73. The summed E-state index contributed by atoms with van der Waals surface area (Å²) in [5.74, 6) is 1.30. The predicted molar refractivity (Wildman–Crippen MR) is 98.7 cm³/mol. The lowest BCUT2D eigenvalue weighted by molar-refractivity contribution is -0.123. The van der Waals surface area contributed by atoms with Crippen LogP contribution in [0.4, 0.5) is 0 Å². The Hall–Kier alpha value is -2.01. The lowest BCUT2D eigenvalue weighted by Gasteiger charge is -2.15. The molecule has 128 valence electrons. The molecule has 0 heterocycles. The van der Waals surface area contributed by atoms with Gasteiger partial charge in [-0.05, 0) is 56.7 Å². The molecule has 0 spiro atoms. The number of hydrogen-bond acceptors (Lipinski definition) is 3. The summed E-state index contributed by atoms with van der Waals surface area (Å²) >= 11 is 3.43. The van der Waals surface area contributed by atoms with Gasteiger partial charge in [0.15, 0.2) is 6.61 Å². The first-order chi connectivity index (χ1) is 11.4. The van der Waals surface area contributed by atoms with Gasteiger partial charge >= 0.3 is 0 Å². The number of nitrogens with one attached hydrogen (secondary N) is 1. The maximum Gasteiger partial charge on any atom is 0.258 e. The monoisotopic (exact) mass is 391 g/mol. The fourth-order valence-electron chi connectivity index (χ4n) is 2.07. The number of hydrogen-bond donors (Lipinski definition) is 1. The second-order valence-electron chi connectivity index (χ2n) is 5.79. The zero-order chi connectivity index (χ0) is 17.5. The van der Waals surface area contributed by atoms with Crippen molar-refractivity contribution in [2.45, 2.75) is 26.8 Å². The first kappa shape index (κ1) is 18.3. The quantitative estimate of drug-likeness (QED) is 0.774. The lowest BCUT2D eigenvalue weighted by atomic mass is 10.2. The Balaban J connectivity index is 1.72. The van der Waals surface area contributed by atoms with Gasteiger partial charge in [0.1, 0.15) is 18.1 Å². The molecule has 24 heavy (non-hydrogen) atoms. The smallest absolute Gasteiger partial charge is 0.258 e. The highest BCUT2D eigenvalue weighted by Crippen LogP contribution is 2.21. The van der Waals surface area contributed by atoms with Crippen molar-refractivity contribution in [2.75, 3.05) is 13.2 Å². The van der Waals surface area contributed by atoms with Crippen LogP contribution in [0.25, 0.3) is 0 Å². The number of rotatable bonds is 7. The van der Waals surface area contributed by atoms with E-state index >= 15 is 0 Å². The SMILES string of the molecule is Cc1ccc(OCC(C)NC(=O)COc2ccc(Br)c(C)c2)cc1. The van der Waals surface area contributed by atoms with E-state index in [-0.39, 0.29) is 18.6 Å². The van der Waals surface area contributed by atoms with Crippen LogP contribution in [-0.4, -0.2) is 25.2 Å². The molecule has 0 fully saturated rings. The molecular weight excluding hydrogens is 370 g/mol. The zero-order valence-corrected chi connectivity index (χ0v) is 15.7. The van der Waals surface area contributed by atoms with Crippen molar-refractivity contribution in [1.82, 2.24) is 5.32 Å². The van der Waals surface area contributed by atoms with Crippen molar-refractivity contribution in [3.8, 4) is 11.5 Å². The maximum absolute atomic E-state index is 11.9. The zero-order valence-electron chi connectivity index (χ0n) is 14.1. The molecule has 2 rings (SSSR count).